The van der Waals surface area contributed by atoms with Crippen molar-refractivity contribution >= 4 is 11.6 Å². The predicted octanol–water partition coefficient (Wildman–Crippen LogP) is 4.80. The zero-order valence-electron chi connectivity index (χ0n) is 9.47. The van der Waals surface area contributed by atoms with Gasteiger partial charge >= 0.3 is 0 Å². The lowest BCUT2D eigenvalue weighted by Crippen LogP contribution is -2.06. The molecule has 0 heterocycles. The fraction of sp³-hybridized carbons (Fsp3) is 0.538. The fourth-order valence-electron chi connectivity index (χ4n) is 1.78. The number of hydrogen-bond acceptors (Lipinski definition) is 0. The van der Waals surface area contributed by atoms with Crippen LogP contribution in [0.5, 0.6) is 0 Å². The van der Waals surface area contributed by atoms with Gasteiger partial charge in [0.15, 0.2) is 0 Å². The Hall–Kier alpha value is -0.490. The second kappa shape index (κ2) is 4.84. The minimum atomic E-state index is 0.596. The Balaban J connectivity index is 3.01. The molecule has 2 atom stereocenters. The molecule has 0 N–H and O–H groups in total. The van der Waals surface area contributed by atoms with Crippen molar-refractivity contribution in [3.8, 4) is 0 Å². The summed E-state index contributed by atoms with van der Waals surface area (Å²) < 4.78 is 0. The van der Waals surface area contributed by atoms with Gasteiger partial charge in [0.25, 0.3) is 0 Å². The first-order chi connectivity index (χ1) is 6.57. The van der Waals surface area contributed by atoms with E-state index in [0.717, 1.165) is 5.02 Å². The number of halogens is 1. The van der Waals surface area contributed by atoms with Crippen LogP contribution in [0.1, 0.15) is 44.2 Å². The Morgan fingerprint density at radius 1 is 1.29 bits per heavy atom. The smallest absolute Gasteiger partial charge is 0.0438 e. The maximum absolute atomic E-state index is 6.11. The molecule has 78 valence electrons. The first-order valence-electron chi connectivity index (χ1n) is 5.33. The van der Waals surface area contributed by atoms with Crippen molar-refractivity contribution in [3.63, 3.8) is 0 Å². The van der Waals surface area contributed by atoms with Crippen molar-refractivity contribution in [2.24, 2.45) is 5.92 Å². The second-order valence-corrected chi connectivity index (χ2v) is 4.54. The molecule has 0 saturated heterocycles. The monoisotopic (exact) mass is 210 g/mol. The van der Waals surface area contributed by atoms with E-state index in [4.69, 9.17) is 11.6 Å². The van der Waals surface area contributed by atoms with Crippen LogP contribution >= 0.6 is 11.6 Å². The molecular weight excluding hydrogens is 192 g/mol. The van der Waals surface area contributed by atoms with E-state index in [2.05, 4.69) is 33.8 Å². The average Bonchev–Trinajstić information content (AvgIpc) is 2.20. The van der Waals surface area contributed by atoms with Crippen molar-refractivity contribution in [2.75, 3.05) is 0 Å². The van der Waals surface area contributed by atoms with Gasteiger partial charge in [-0.05, 0) is 36.0 Å². The highest BCUT2D eigenvalue weighted by molar-refractivity contribution is 6.31. The van der Waals surface area contributed by atoms with Crippen LogP contribution in [0.2, 0.25) is 5.02 Å². The number of hydrogen-bond donors (Lipinski definition) is 0. The number of rotatable bonds is 3. The van der Waals surface area contributed by atoms with Gasteiger partial charge in [0.05, 0.1) is 0 Å². The lowest BCUT2D eigenvalue weighted by atomic mass is 9.85. The van der Waals surface area contributed by atoms with E-state index in [1.54, 1.807) is 0 Å². The Bertz CT molecular complexity index is 304. The van der Waals surface area contributed by atoms with E-state index >= 15 is 0 Å². The highest BCUT2D eigenvalue weighted by Crippen LogP contribution is 2.31. The first kappa shape index (κ1) is 11.6. The van der Waals surface area contributed by atoms with E-state index in [0.29, 0.717) is 11.8 Å². The van der Waals surface area contributed by atoms with E-state index in [-0.39, 0.29) is 0 Å². The van der Waals surface area contributed by atoms with Crippen molar-refractivity contribution in [2.45, 2.75) is 40.0 Å². The molecule has 0 aliphatic carbocycles. The summed E-state index contributed by atoms with van der Waals surface area (Å²) in [5, 5.41) is 0.887. The summed E-state index contributed by atoms with van der Waals surface area (Å²) in [4.78, 5) is 0. The third-order valence-electron chi connectivity index (χ3n) is 3.30. The van der Waals surface area contributed by atoms with Crippen molar-refractivity contribution < 1.29 is 0 Å². The van der Waals surface area contributed by atoms with E-state index in [1.165, 1.54) is 17.5 Å². The van der Waals surface area contributed by atoms with E-state index in [9.17, 15) is 0 Å². The molecule has 0 saturated carbocycles. The van der Waals surface area contributed by atoms with Crippen LogP contribution in [0.25, 0.3) is 0 Å². The predicted molar refractivity (Wildman–Crippen MR) is 64.1 cm³/mol. The third kappa shape index (κ3) is 2.30. The Morgan fingerprint density at radius 3 is 2.50 bits per heavy atom. The lowest BCUT2D eigenvalue weighted by Gasteiger charge is -2.21. The molecule has 0 spiro atoms. The Labute approximate surface area is 92.3 Å². The molecule has 0 bridgehead atoms. The van der Waals surface area contributed by atoms with Crippen LogP contribution in [0, 0.1) is 12.8 Å². The lowest BCUT2D eigenvalue weighted by molar-refractivity contribution is 0.472. The summed E-state index contributed by atoms with van der Waals surface area (Å²) in [5.74, 6) is 1.31. The minimum Gasteiger partial charge on any atom is -0.0840 e. The molecule has 0 fully saturated rings. The van der Waals surface area contributed by atoms with E-state index < -0.39 is 0 Å². The maximum Gasteiger partial charge on any atom is 0.0438 e. The van der Waals surface area contributed by atoms with Gasteiger partial charge in [-0.15, -0.1) is 0 Å². The van der Waals surface area contributed by atoms with Gasteiger partial charge in [-0.25, -0.2) is 0 Å². The summed E-state index contributed by atoms with van der Waals surface area (Å²) in [5.41, 5.74) is 2.63. The molecule has 1 aromatic rings. The quantitative estimate of drug-likeness (QED) is 0.673. The molecule has 1 rings (SSSR count). The van der Waals surface area contributed by atoms with Gasteiger partial charge in [0.1, 0.15) is 0 Å². The van der Waals surface area contributed by atoms with Crippen LogP contribution in [-0.4, -0.2) is 0 Å². The summed E-state index contributed by atoms with van der Waals surface area (Å²) in [7, 11) is 0. The highest BCUT2D eigenvalue weighted by atomic mass is 35.5. The molecule has 0 aliphatic rings. The largest absolute Gasteiger partial charge is 0.0840 e. The van der Waals surface area contributed by atoms with Gasteiger partial charge in [0, 0.05) is 5.02 Å². The first-order valence-corrected chi connectivity index (χ1v) is 5.70. The standard InChI is InChI=1S/C13H19Cl/c1-5-9(2)10(3)12-7-6-8-13(14)11(12)4/h6-10H,5H2,1-4H3/t9-,10+/m0/s1. The van der Waals surface area contributed by atoms with E-state index in [1.807, 2.05) is 12.1 Å². The molecule has 0 unspecified atom stereocenters. The van der Waals surface area contributed by atoms with Crippen LogP contribution in [0.4, 0.5) is 0 Å². The second-order valence-electron chi connectivity index (χ2n) is 4.13. The zero-order chi connectivity index (χ0) is 10.7. The van der Waals surface area contributed by atoms with Gasteiger partial charge in [-0.2, -0.15) is 0 Å². The molecule has 0 aliphatic heterocycles. The van der Waals surface area contributed by atoms with Crippen LogP contribution in [0.15, 0.2) is 18.2 Å². The third-order valence-corrected chi connectivity index (χ3v) is 3.71. The molecule has 0 nitrogen and oxygen atoms in total. The van der Waals surface area contributed by atoms with Crippen LogP contribution in [-0.2, 0) is 0 Å². The van der Waals surface area contributed by atoms with Crippen LogP contribution in [0.3, 0.4) is 0 Å². The summed E-state index contributed by atoms with van der Waals surface area (Å²) in [6.07, 6.45) is 1.22. The zero-order valence-corrected chi connectivity index (χ0v) is 10.2. The highest BCUT2D eigenvalue weighted by Gasteiger charge is 2.15. The molecule has 1 heteroatoms. The maximum atomic E-state index is 6.11. The van der Waals surface area contributed by atoms with Crippen LogP contribution < -0.4 is 0 Å². The summed E-state index contributed by atoms with van der Waals surface area (Å²) in [6, 6.07) is 6.20. The molecule has 0 amide bonds. The van der Waals surface area contributed by atoms with Gasteiger partial charge < -0.3 is 0 Å². The average molecular weight is 211 g/mol. The van der Waals surface area contributed by atoms with Gasteiger partial charge in [-0.3, -0.25) is 0 Å². The Kier molecular flexibility index (Phi) is 4.00. The topological polar surface area (TPSA) is 0 Å². The van der Waals surface area contributed by atoms with Gasteiger partial charge in [-0.1, -0.05) is 50.9 Å². The van der Waals surface area contributed by atoms with Gasteiger partial charge in [0.2, 0.25) is 0 Å². The summed E-state index contributed by atoms with van der Waals surface area (Å²) in [6.45, 7) is 8.93. The minimum absolute atomic E-state index is 0.596. The molecule has 0 aromatic heterocycles. The molecule has 14 heavy (non-hydrogen) atoms. The normalized spacial score (nSPS) is 15.2. The van der Waals surface area contributed by atoms with Crippen molar-refractivity contribution in [1.82, 2.24) is 0 Å². The molecular formula is C13H19Cl. The fourth-order valence-corrected chi connectivity index (χ4v) is 1.96. The molecule has 0 radical (unpaired) electrons. The molecule has 1 aromatic carbocycles. The van der Waals surface area contributed by atoms with Crippen molar-refractivity contribution in [3.05, 3.63) is 34.3 Å². The van der Waals surface area contributed by atoms with Crippen molar-refractivity contribution in [1.29, 1.82) is 0 Å². The SMILES string of the molecule is CC[C@H](C)[C@@H](C)c1cccc(Cl)c1C. The summed E-state index contributed by atoms with van der Waals surface area (Å²) >= 11 is 6.11. The number of benzene rings is 1. The Morgan fingerprint density at radius 2 is 1.93 bits per heavy atom.